The van der Waals surface area contributed by atoms with Crippen LogP contribution in [0.1, 0.15) is 49.8 Å². The molecule has 25 nitrogen and oxygen atoms in total. The maximum Gasteiger partial charge on any atom is 0.257 e. The molecule has 18 N–H and O–H groups in total. The lowest BCUT2D eigenvalue weighted by molar-refractivity contribution is -0.137. The van der Waals surface area contributed by atoms with Gasteiger partial charge in [0.25, 0.3) is 17.7 Å². The molecule has 65 heavy (non-hydrogen) atoms. The van der Waals surface area contributed by atoms with E-state index in [1.807, 2.05) is 24.3 Å². The summed E-state index contributed by atoms with van der Waals surface area (Å²) in [5.74, 6) is -4.40. The third kappa shape index (κ3) is 18.1. The predicted octanol–water partition coefficient (Wildman–Crippen LogP) is -4.97. The Kier molecular flexibility index (Phi) is 21.5. The number of hydrogen-bond acceptors (Lipinski definition) is 15. The number of amides is 6. The van der Waals surface area contributed by atoms with Gasteiger partial charge in [-0.15, -0.1) is 0 Å². The number of nitrogens with zero attached hydrogens (tertiary/aromatic N) is 5. The van der Waals surface area contributed by atoms with E-state index in [2.05, 4.69) is 52.2 Å². The van der Waals surface area contributed by atoms with Gasteiger partial charge in [0.2, 0.25) is 17.7 Å². The first-order valence-corrected chi connectivity index (χ1v) is 21.6. The van der Waals surface area contributed by atoms with Crippen molar-refractivity contribution in [3.63, 3.8) is 0 Å². The molecule has 1 aromatic carbocycles. The summed E-state index contributed by atoms with van der Waals surface area (Å²) in [5, 5.41) is 33.0. The van der Waals surface area contributed by atoms with Crippen molar-refractivity contribution in [3.05, 3.63) is 54.2 Å². The summed E-state index contributed by atoms with van der Waals surface area (Å²) in [7, 11) is 0. The van der Waals surface area contributed by atoms with Crippen LogP contribution in [0, 0.1) is 0 Å². The predicted molar refractivity (Wildman–Crippen MR) is 239 cm³/mol. The van der Waals surface area contributed by atoms with Crippen LogP contribution in [0.5, 0.6) is 0 Å². The summed E-state index contributed by atoms with van der Waals surface area (Å²) in [6.45, 7) is -1.47. The minimum absolute atomic E-state index is 0.0399. The van der Waals surface area contributed by atoms with Gasteiger partial charge in [-0.25, -0.2) is 20.0 Å². The highest BCUT2D eigenvalue weighted by Crippen LogP contribution is 2.19. The molecule has 3 aromatic rings. The second-order valence-electron chi connectivity index (χ2n) is 15.6. The van der Waals surface area contributed by atoms with Crippen LogP contribution in [0.15, 0.2) is 48.0 Å². The second-order valence-corrected chi connectivity index (χ2v) is 15.6. The van der Waals surface area contributed by atoms with Crippen LogP contribution in [0.3, 0.4) is 0 Å². The molecule has 358 valence electrons. The van der Waals surface area contributed by atoms with Gasteiger partial charge in [-0.1, -0.05) is 18.2 Å². The average Bonchev–Trinajstić information content (AvgIpc) is 3.93. The molecule has 1 aliphatic heterocycles. The van der Waals surface area contributed by atoms with Crippen molar-refractivity contribution in [3.8, 4) is 0 Å². The number of unbranched alkanes of at least 4 members (excludes halogenated alkanes) is 2. The number of nitrogens with one attached hydrogen (secondary N) is 8. The minimum atomic E-state index is -1.42. The number of fused-ring (bicyclic) bond motifs is 1. The Labute approximate surface area is 376 Å². The molecule has 0 spiro atoms. The van der Waals surface area contributed by atoms with Crippen molar-refractivity contribution in [2.45, 2.75) is 75.6 Å². The van der Waals surface area contributed by atoms with E-state index in [1.54, 1.807) is 6.20 Å². The first-order chi connectivity index (χ1) is 31.3. The number of para-hydroxylation sites is 1. The van der Waals surface area contributed by atoms with E-state index in [0.29, 0.717) is 50.0 Å². The van der Waals surface area contributed by atoms with Crippen LogP contribution < -0.4 is 55.2 Å². The summed E-state index contributed by atoms with van der Waals surface area (Å²) < 4.78 is 0. The molecule has 0 aliphatic carbocycles. The van der Waals surface area contributed by atoms with Crippen molar-refractivity contribution in [1.82, 2.24) is 62.2 Å². The standard InChI is InChI=1S/C40H65N17O8/c41-11-3-5-14-55-22-35(61)50-32(16-26-18-47-30-9-2-1-8-29(26)30)38(64)54-57(20-28(59)24-58)23-36(62)51-33(17-27-19-45-25-48-27)39(65)53-56(15-6-4-12-42)21-34(60)49-31(37(63)52-55)10-7-13-46-40(43)44/h1-2,8-9,18-19,25,28,31-33,47,58-59H,3-7,10-17,20-24,41-42H2,(H,45,48)(H,49,60)(H,50,61)(H,51,62)(H,52,63)(H,53,65)(H,54,64)(H4,43,44,46)/t28?,31?,32-,33-/m0/s1. The number of aromatic nitrogens is 3. The van der Waals surface area contributed by atoms with E-state index in [9.17, 15) is 39.0 Å². The summed E-state index contributed by atoms with van der Waals surface area (Å²) in [6, 6.07) is 3.63. The highest BCUT2D eigenvalue weighted by molar-refractivity contribution is 5.92. The largest absolute Gasteiger partial charge is 0.394 e. The molecule has 6 amide bonds. The monoisotopic (exact) mass is 912 g/mol. The first kappa shape index (κ1) is 51.4. The molecule has 2 aromatic heterocycles. The van der Waals surface area contributed by atoms with Crippen molar-refractivity contribution >= 4 is 52.3 Å². The van der Waals surface area contributed by atoms with E-state index in [1.165, 1.54) is 22.5 Å². The van der Waals surface area contributed by atoms with Crippen molar-refractivity contribution < 1.29 is 39.0 Å². The Bertz CT molecular complexity index is 2010. The molecule has 25 heteroatoms. The number of rotatable bonds is 19. The van der Waals surface area contributed by atoms with Gasteiger partial charge in [-0.05, 0) is 63.2 Å². The Balaban J connectivity index is 1.75. The maximum absolute atomic E-state index is 14.3. The number of carbonyl (C=O) groups is 6. The number of aromatic amines is 2. The van der Waals surface area contributed by atoms with Crippen molar-refractivity contribution in [2.24, 2.45) is 27.9 Å². The molecular formula is C40H65N17O8. The van der Waals surface area contributed by atoms with Crippen LogP contribution in [-0.4, -0.2) is 171 Å². The number of β-amino-alcohol motifs (C(OH)–C–C–N with tert-alkyl or cyclic N) is 1. The number of imidazole rings is 1. The molecular weight excluding hydrogens is 847 g/mol. The number of hydrazine groups is 3. The van der Waals surface area contributed by atoms with Gasteiger partial charge in [0, 0.05) is 68.0 Å². The van der Waals surface area contributed by atoms with E-state index in [-0.39, 0.29) is 51.3 Å². The van der Waals surface area contributed by atoms with Crippen molar-refractivity contribution in [2.75, 3.05) is 65.5 Å². The van der Waals surface area contributed by atoms with Crippen molar-refractivity contribution in [1.29, 1.82) is 0 Å². The molecule has 1 aliphatic rings. The van der Waals surface area contributed by atoms with Crippen LogP contribution in [0.4, 0.5) is 0 Å². The molecule has 0 bridgehead atoms. The average molecular weight is 912 g/mol. The number of nitrogens with two attached hydrogens (primary N) is 4. The molecule has 4 rings (SSSR count). The third-order valence-corrected chi connectivity index (χ3v) is 10.2. The molecule has 1 saturated heterocycles. The minimum Gasteiger partial charge on any atom is -0.394 e. The summed E-state index contributed by atoms with van der Waals surface area (Å²) >= 11 is 0. The lowest BCUT2D eigenvalue weighted by Crippen LogP contribution is -2.59. The highest BCUT2D eigenvalue weighted by atomic mass is 16.3. The number of carbonyl (C=O) groups excluding carboxylic acids is 6. The van der Waals surface area contributed by atoms with Crippen LogP contribution in [-0.2, 0) is 41.6 Å². The van der Waals surface area contributed by atoms with Gasteiger partial charge in [0.05, 0.1) is 38.7 Å². The Hall–Kier alpha value is -6.22. The van der Waals surface area contributed by atoms with E-state index in [0.717, 1.165) is 15.9 Å². The molecule has 0 saturated carbocycles. The summed E-state index contributed by atoms with van der Waals surface area (Å²) in [4.78, 5) is 98.0. The zero-order chi connectivity index (χ0) is 47.1. The molecule has 4 atom stereocenters. The van der Waals surface area contributed by atoms with E-state index < -0.39 is 92.5 Å². The van der Waals surface area contributed by atoms with Crippen LogP contribution in [0.25, 0.3) is 10.9 Å². The van der Waals surface area contributed by atoms with Crippen LogP contribution >= 0.6 is 0 Å². The van der Waals surface area contributed by atoms with E-state index in [4.69, 9.17) is 22.9 Å². The zero-order valence-corrected chi connectivity index (χ0v) is 36.5. The van der Waals surface area contributed by atoms with Gasteiger partial charge in [0.1, 0.15) is 18.1 Å². The fourth-order valence-corrected chi connectivity index (χ4v) is 6.97. The zero-order valence-electron chi connectivity index (χ0n) is 36.5. The maximum atomic E-state index is 14.3. The smallest absolute Gasteiger partial charge is 0.257 e. The molecule has 2 unspecified atom stereocenters. The Morgan fingerprint density at radius 1 is 0.738 bits per heavy atom. The number of aliphatic hydroxyl groups excluding tert-OH is 2. The fraction of sp³-hybridized carbons (Fsp3) is 0.550. The fourth-order valence-electron chi connectivity index (χ4n) is 6.97. The molecule has 0 radical (unpaired) electrons. The second kappa shape index (κ2) is 27.2. The van der Waals surface area contributed by atoms with Gasteiger partial charge >= 0.3 is 0 Å². The normalized spacial score (nSPS) is 20.2. The number of hydrogen-bond donors (Lipinski definition) is 14. The lowest BCUT2D eigenvalue weighted by atomic mass is 10.0. The van der Waals surface area contributed by atoms with Gasteiger partial charge in [-0.2, -0.15) is 0 Å². The number of aliphatic imine (C=N–C) groups is 1. The first-order valence-electron chi connectivity index (χ1n) is 21.6. The summed E-state index contributed by atoms with van der Waals surface area (Å²) in [6.07, 6.45) is 5.41. The quantitative estimate of drug-likeness (QED) is 0.0304. The number of H-pyrrole nitrogens is 2. The Morgan fingerprint density at radius 2 is 1.29 bits per heavy atom. The number of aliphatic hydroxyl groups is 2. The topological polar surface area (TPSA) is 386 Å². The van der Waals surface area contributed by atoms with Gasteiger partial charge < -0.3 is 59.1 Å². The molecule has 3 heterocycles. The summed E-state index contributed by atoms with van der Waals surface area (Å²) in [5.41, 5.74) is 32.6. The molecule has 1 fully saturated rings. The van der Waals surface area contributed by atoms with Gasteiger partial charge in [0.15, 0.2) is 5.96 Å². The van der Waals surface area contributed by atoms with Crippen LogP contribution in [0.2, 0.25) is 0 Å². The SMILES string of the molecule is NCCCCN1CC(=O)N[C@@H](Cc2c[nH]c3ccccc23)C(=O)NN(CC(O)CO)CC(=O)N[C@@H](Cc2cnc[nH]2)C(=O)NN(CCCCN)CC(=O)NC(CCCN=C(N)N)C(=O)N1. The van der Waals surface area contributed by atoms with E-state index >= 15 is 0 Å². The highest BCUT2D eigenvalue weighted by Gasteiger charge is 2.31. The Morgan fingerprint density at radius 3 is 1.86 bits per heavy atom. The third-order valence-electron chi connectivity index (χ3n) is 10.2. The lowest BCUT2D eigenvalue weighted by Gasteiger charge is -2.29. The number of benzene rings is 1. The van der Waals surface area contributed by atoms with Gasteiger partial charge in [-0.3, -0.25) is 50.0 Å². The number of guanidine groups is 1.